The number of hydrogen-bond donors (Lipinski definition) is 1. The zero-order valence-corrected chi connectivity index (χ0v) is 10.8. The Morgan fingerprint density at radius 3 is 2.50 bits per heavy atom. The number of nitrogens with zero attached hydrogens (tertiary/aromatic N) is 3. The summed E-state index contributed by atoms with van der Waals surface area (Å²) >= 11 is 0. The minimum Gasteiger partial charge on any atom is -0.316 e. The molecule has 4 heteroatoms. The average molecular weight is 244 g/mol. The third-order valence-corrected chi connectivity index (χ3v) is 5.09. The Labute approximate surface area is 108 Å². The minimum absolute atomic E-state index is 0.790. The Kier molecular flexibility index (Phi) is 2.42. The van der Waals surface area contributed by atoms with Crippen LogP contribution in [0.4, 0.5) is 0 Å². The number of aromatic nitrogens is 2. The fraction of sp³-hybridized carbons (Fsp3) is 0.714. The topological polar surface area (TPSA) is 41.1 Å². The van der Waals surface area contributed by atoms with Crippen molar-refractivity contribution in [2.24, 2.45) is 11.8 Å². The van der Waals surface area contributed by atoms with Crippen LogP contribution in [-0.2, 0) is 6.54 Å². The molecule has 3 fully saturated rings. The average Bonchev–Trinajstić information content (AvgIpc) is 3.04. The molecule has 0 aliphatic carbocycles. The molecule has 4 heterocycles. The lowest BCUT2D eigenvalue weighted by molar-refractivity contribution is 0.215. The minimum atomic E-state index is 0.790. The van der Waals surface area contributed by atoms with Crippen molar-refractivity contribution >= 4 is 0 Å². The van der Waals surface area contributed by atoms with Crippen molar-refractivity contribution in [3.8, 4) is 0 Å². The molecule has 3 aliphatic rings. The highest BCUT2D eigenvalue weighted by atomic mass is 15.3. The molecule has 1 N–H and O–H groups in total. The summed E-state index contributed by atoms with van der Waals surface area (Å²) in [4.78, 5) is 11.6. The number of rotatable bonds is 2. The van der Waals surface area contributed by atoms with Gasteiger partial charge in [0.25, 0.3) is 0 Å². The van der Waals surface area contributed by atoms with Crippen molar-refractivity contribution in [2.45, 2.75) is 38.4 Å². The van der Waals surface area contributed by atoms with Crippen molar-refractivity contribution in [1.82, 2.24) is 20.2 Å². The van der Waals surface area contributed by atoms with Crippen molar-refractivity contribution < 1.29 is 0 Å². The summed E-state index contributed by atoms with van der Waals surface area (Å²) in [6.45, 7) is 5.44. The van der Waals surface area contributed by atoms with E-state index in [9.17, 15) is 0 Å². The van der Waals surface area contributed by atoms with Crippen LogP contribution in [0.2, 0.25) is 0 Å². The fourth-order valence-electron chi connectivity index (χ4n) is 4.32. The first-order valence-electron chi connectivity index (χ1n) is 7.07. The van der Waals surface area contributed by atoms with Gasteiger partial charge in [0, 0.05) is 31.0 Å². The van der Waals surface area contributed by atoms with Crippen LogP contribution in [0, 0.1) is 18.8 Å². The van der Waals surface area contributed by atoms with E-state index in [1.807, 2.05) is 19.3 Å². The standard InChI is InChI=1S/C14H20N4/c1-9-4-17-10(5-16-9)8-18-13-2-3-14(18)12-7-15-6-11(12)13/h4-5,11-15H,2-3,6-8H2,1H3/t11-,12+,13-,14+. The lowest BCUT2D eigenvalue weighted by Crippen LogP contribution is -2.34. The maximum atomic E-state index is 4.51. The first-order valence-corrected chi connectivity index (χ1v) is 7.07. The molecule has 0 radical (unpaired) electrons. The first kappa shape index (κ1) is 10.9. The SMILES string of the molecule is Cc1cnc(CN2[C@@H]3CC[C@H]2[C@H]2CNC[C@H]23)cn1. The van der Waals surface area contributed by atoms with Crippen LogP contribution in [0.15, 0.2) is 12.4 Å². The van der Waals surface area contributed by atoms with Gasteiger partial charge in [-0.3, -0.25) is 14.9 Å². The molecule has 0 saturated carbocycles. The summed E-state index contributed by atoms with van der Waals surface area (Å²) in [6, 6.07) is 1.58. The Balaban J connectivity index is 1.54. The van der Waals surface area contributed by atoms with E-state index in [0.717, 1.165) is 41.9 Å². The molecule has 3 aliphatic heterocycles. The Morgan fingerprint density at radius 2 is 1.89 bits per heavy atom. The quantitative estimate of drug-likeness (QED) is 0.841. The highest BCUT2D eigenvalue weighted by Gasteiger charge is 2.54. The maximum Gasteiger partial charge on any atom is 0.0727 e. The van der Waals surface area contributed by atoms with Crippen molar-refractivity contribution in [1.29, 1.82) is 0 Å². The smallest absolute Gasteiger partial charge is 0.0727 e. The molecule has 0 unspecified atom stereocenters. The molecule has 0 spiro atoms. The van der Waals surface area contributed by atoms with Gasteiger partial charge in [-0.25, -0.2) is 0 Å². The predicted octanol–water partition coefficient (Wildman–Crippen LogP) is 0.967. The van der Waals surface area contributed by atoms with E-state index < -0.39 is 0 Å². The largest absolute Gasteiger partial charge is 0.316 e. The summed E-state index contributed by atoms with van der Waals surface area (Å²) in [6.07, 6.45) is 6.59. The Hall–Kier alpha value is -1.00. The molecule has 2 bridgehead atoms. The predicted molar refractivity (Wildman–Crippen MR) is 69.0 cm³/mol. The number of fused-ring (bicyclic) bond motifs is 5. The summed E-state index contributed by atoms with van der Waals surface area (Å²) in [7, 11) is 0. The monoisotopic (exact) mass is 244 g/mol. The molecule has 0 amide bonds. The van der Waals surface area contributed by atoms with Crippen LogP contribution >= 0.6 is 0 Å². The highest BCUT2D eigenvalue weighted by Crippen LogP contribution is 2.47. The lowest BCUT2D eigenvalue weighted by Gasteiger charge is -2.23. The summed E-state index contributed by atoms with van der Waals surface area (Å²) in [5.74, 6) is 1.78. The van der Waals surface area contributed by atoms with E-state index in [2.05, 4.69) is 20.2 Å². The second-order valence-corrected chi connectivity index (χ2v) is 6.02. The molecule has 96 valence electrons. The maximum absolute atomic E-state index is 4.51. The molecule has 4 nitrogen and oxygen atoms in total. The van der Waals surface area contributed by atoms with Crippen molar-refractivity contribution in [3.63, 3.8) is 0 Å². The van der Waals surface area contributed by atoms with Gasteiger partial charge in [-0.15, -0.1) is 0 Å². The third-order valence-electron chi connectivity index (χ3n) is 5.09. The van der Waals surface area contributed by atoms with Crippen molar-refractivity contribution in [3.05, 3.63) is 23.8 Å². The molecule has 18 heavy (non-hydrogen) atoms. The second kappa shape index (κ2) is 4.00. The number of aryl methyl sites for hydroxylation is 1. The van der Waals surface area contributed by atoms with E-state index >= 15 is 0 Å². The van der Waals surface area contributed by atoms with Gasteiger partial charge < -0.3 is 5.32 Å². The van der Waals surface area contributed by atoms with Crippen LogP contribution < -0.4 is 5.32 Å². The molecular formula is C14H20N4. The summed E-state index contributed by atoms with van der Waals surface area (Å²) in [5, 5.41) is 3.56. The van der Waals surface area contributed by atoms with E-state index in [1.165, 1.54) is 25.9 Å². The number of nitrogens with one attached hydrogen (secondary N) is 1. The first-order chi connectivity index (χ1) is 8.83. The Bertz CT molecular complexity index is 426. The van der Waals surface area contributed by atoms with Crippen molar-refractivity contribution in [2.75, 3.05) is 13.1 Å². The summed E-state index contributed by atoms with van der Waals surface area (Å²) in [5.41, 5.74) is 2.13. The fourth-order valence-corrected chi connectivity index (χ4v) is 4.32. The van der Waals surface area contributed by atoms with Gasteiger partial charge >= 0.3 is 0 Å². The molecular weight excluding hydrogens is 224 g/mol. The van der Waals surface area contributed by atoms with Crippen LogP contribution in [-0.4, -0.2) is 40.0 Å². The van der Waals surface area contributed by atoms with Crippen LogP contribution in [0.5, 0.6) is 0 Å². The van der Waals surface area contributed by atoms with E-state index in [-0.39, 0.29) is 0 Å². The molecule has 0 aromatic carbocycles. The van der Waals surface area contributed by atoms with Gasteiger partial charge in [0.1, 0.15) is 0 Å². The van der Waals surface area contributed by atoms with Gasteiger partial charge in [-0.05, 0) is 44.7 Å². The summed E-state index contributed by atoms with van der Waals surface area (Å²) < 4.78 is 0. The van der Waals surface area contributed by atoms with Gasteiger partial charge in [-0.1, -0.05) is 0 Å². The zero-order chi connectivity index (χ0) is 12.1. The van der Waals surface area contributed by atoms with Crippen LogP contribution in [0.25, 0.3) is 0 Å². The van der Waals surface area contributed by atoms with E-state index in [0.29, 0.717) is 0 Å². The van der Waals surface area contributed by atoms with Crippen LogP contribution in [0.1, 0.15) is 24.2 Å². The lowest BCUT2D eigenvalue weighted by atomic mass is 9.82. The van der Waals surface area contributed by atoms with E-state index in [4.69, 9.17) is 0 Å². The van der Waals surface area contributed by atoms with Gasteiger partial charge in [0.2, 0.25) is 0 Å². The second-order valence-electron chi connectivity index (χ2n) is 6.02. The Morgan fingerprint density at radius 1 is 1.17 bits per heavy atom. The molecule has 4 rings (SSSR count). The van der Waals surface area contributed by atoms with Gasteiger partial charge in [0.15, 0.2) is 0 Å². The third kappa shape index (κ3) is 1.52. The molecule has 1 aromatic rings. The van der Waals surface area contributed by atoms with Gasteiger partial charge in [-0.2, -0.15) is 0 Å². The normalized spacial score (nSPS) is 38.3. The zero-order valence-electron chi connectivity index (χ0n) is 10.8. The molecule has 1 aromatic heterocycles. The molecule has 3 saturated heterocycles. The van der Waals surface area contributed by atoms with Crippen LogP contribution in [0.3, 0.4) is 0 Å². The van der Waals surface area contributed by atoms with E-state index in [1.54, 1.807) is 0 Å². The highest BCUT2D eigenvalue weighted by molar-refractivity contribution is 5.11. The number of hydrogen-bond acceptors (Lipinski definition) is 4. The molecule has 4 atom stereocenters. The van der Waals surface area contributed by atoms with Gasteiger partial charge in [0.05, 0.1) is 11.4 Å².